The first kappa shape index (κ1) is 13.3. The van der Waals surface area contributed by atoms with Crippen LogP contribution in [0, 0.1) is 6.92 Å². The van der Waals surface area contributed by atoms with E-state index in [-0.39, 0.29) is 6.04 Å². The van der Waals surface area contributed by atoms with Gasteiger partial charge >= 0.3 is 0 Å². The van der Waals surface area contributed by atoms with E-state index >= 15 is 0 Å². The van der Waals surface area contributed by atoms with Gasteiger partial charge in [-0.05, 0) is 24.5 Å². The number of nitrogens with zero attached hydrogens (tertiary/aromatic N) is 1. The van der Waals surface area contributed by atoms with Crippen molar-refractivity contribution in [2.45, 2.75) is 24.6 Å². The van der Waals surface area contributed by atoms with Gasteiger partial charge in [-0.15, -0.1) is 0 Å². The predicted molar refractivity (Wildman–Crippen MR) is 86.9 cm³/mol. The number of hydrogen-bond acceptors (Lipinski definition) is 3. The SMILES string of the molecule is Cc1ccc([C@H]2C[C@@H](c3ccccc3)SC(N)=N2)cc1. The lowest BCUT2D eigenvalue weighted by molar-refractivity contribution is 0.639. The largest absolute Gasteiger partial charge is 0.379 e. The molecular formula is C17H18N2S. The minimum atomic E-state index is 0.169. The van der Waals surface area contributed by atoms with Gasteiger partial charge in [-0.1, -0.05) is 71.9 Å². The summed E-state index contributed by atoms with van der Waals surface area (Å²) in [7, 11) is 0. The van der Waals surface area contributed by atoms with Crippen LogP contribution in [0.4, 0.5) is 0 Å². The second-order valence-corrected chi connectivity index (χ2v) is 6.37. The van der Waals surface area contributed by atoms with E-state index in [1.54, 1.807) is 11.8 Å². The Labute approximate surface area is 124 Å². The molecule has 2 N–H and O–H groups in total. The molecule has 2 aromatic carbocycles. The summed E-state index contributed by atoms with van der Waals surface area (Å²) in [4.78, 5) is 4.62. The first-order valence-electron chi connectivity index (χ1n) is 6.84. The van der Waals surface area contributed by atoms with Gasteiger partial charge in [-0.3, -0.25) is 4.99 Å². The molecule has 0 amide bonds. The van der Waals surface area contributed by atoms with E-state index in [0.29, 0.717) is 10.4 Å². The van der Waals surface area contributed by atoms with E-state index in [0.717, 1.165) is 6.42 Å². The molecular weight excluding hydrogens is 264 g/mol. The summed E-state index contributed by atoms with van der Waals surface area (Å²) in [6.45, 7) is 2.10. The summed E-state index contributed by atoms with van der Waals surface area (Å²) in [5, 5.41) is 1.08. The zero-order chi connectivity index (χ0) is 13.9. The van der Waals surface area contributed by atoms with Gasteiger partial charge in [0.2, 0.25) is 0 Å². The van der Waals surface area contributed by atoms with Crippen molar-refractivity contribution < 1.29 is 0 Å². The fourth-order valence-electron chi connectivity index (χ4n) is 2.50. The zero-order valence-electron chi connectivity index (χ0n) is 11.5. The highest BCUT2D eigenvalue weighted by atomic mass is 32.2. The van der Waals surface area contributed by atoms with E-state index in [2.05, 4.69) is 60.4 Å². The van der Waals surface area contributed by atoms with Gasteiger partial charge < -0.3 is 5.73 Å². The molecule has 1 heterocycles. The fourth-order valence-corrected chi connectivity index (χ4v) is 3.56. The minimum Gasteiger partial charge on any atom is -0.379 e. The molecule has 0 spiro atoms. The molecule has 0 radical (unpaired) electrons. The van der Waals surface area contributed by atoms with Crippen LogP contribution in [0.5, 0.6) is 0 Å². The van der Waals surface area contributed by atoms with Crippen LogP contribution in [0.2, 0.25) is 0 Å². The van der Waals surface area contributed by atoms with Crippen molar-refractivity contribution in [1.82, 2.24) is 0 Å². The monoisotopic (exact) mass is 282 g/mol. The third-order valence-corrected chi connectivity index (χ3v) is 4.71. The van der Waals surface area contributed by atoms with Crippen LogP contribution in [-0.4, -0.2) is 5.17 Å². The summed E-state index contributed by atoms with van der Waals surface area (Å²) < 4.78 is 0. The maximum Gasteiger partial charge on any atom is 0.155 e. The number of rotatable bonds is 2. The number of aliphatic imine (C=N–C) groups is 1. The maximum absolute atomic E-state index is 6.03. The summed E-state index contributed by atoms with van der Waals surface area (Å²) in [5.74, 6) is 0. The molecule has 0 bridgehead atoms. The Hall–Kier alpha value is -1.74. The number of thioether (sulfide) groups is 1. The Balaban J connectivity index is 1.86. The summed E-state index contributed by atoms with van der Waals surface area (Å²) in [6, 6.07) is 19.3. The van der Waals surface area contributed by atoms with E-state index in [9.17, 15) is 0 Å². The van der Waals surface area contributed by atoms with E-state index in [1.807, 2.05) is 6.07 Å². The van der Waals surface area contributed by atoms with Crippen molar-refractivity contribution >= 4 is 16.9 Å². The molecule has 0 unspecified atom stereocenters. The Morgan fingerprint density at radius 1 is 1.00 bits per heavy atom. The molecule has 3 heteroatoms. The average Bonchev–Trinajstić information content (AvgIpc) is 2.48. The van der Waals surface area contributed by atoms with Gasteiger partial charge in [0.05, 0.1) is 6.04 Å². The molecule has 0 fully saturated rings. The third-order valence-electron chi connectivity index (χ3n) is 3.62. The minimum absolute atomic E-state index is 0.169. The van der Waals surface area contributed by atoms with E-state index < -0.39 is 0 Å². The standard InChI is InChI=1S/C17H18N2S/c1-12-7-9-13(10-8-12)15-11-16(20-17(18)19-15)14-5-3-2-4-6-14/h2-10,15-16H,11H2,1H3,(H2,18,19)/t15-,16+/m1/s1. The fraction of sp³-hybridized carbons (Fsp3) is 0.235. The van der Waals surface area contributed by atoms with Crippen LogP contribution in [0.1, 0.15) is 34.4 Å². The lowest BCUT2D eigenvalue weighted by Gasteiger charge is -2.26. The summed E-state index contributed by atoms with van der Waals surface area (Å²) >= 11 is 1.67. The lowest BCUT2D eigenvalue weighted by atomic mass is 9.98. The zero-order valence-corrected chi connectivity index (χ0v) is 12.3. The topological polar surface area (TPSA) is 38.4 Å². The van der Waals surface area contributed by atoms with E-state index in [4.69, 9.17) is 5.73 Å². The maximum atomic E-state index is 6.03. The van der Waals surface area contributed by atoms with Gasteiger partial charge in [-0.25, -0.2) is 0 Å². The molecule has 1 aliphatic rings. The highest BCUT2D eigenvalue weighted by Crippen LogP contribution is 2.42. The van der Waals surface area contributed by atoms with Gasteiger partial charge in [0.1, 0.15) is 0 Å². The average molecular weight is 282 g/mol. The second kappa shape index (κ2) is 5.71. The number of amidine groups is 1. The van der Waals surface area contributed by atoms with Crippen molar-refractivity contribution in [2.75, 3.05) is 0 Å². The third kappa shape index (κ3) is 2.88. The van der Waals surface area contributed by atoms with Crippen molar-refractivity contribution in [3.8, 4) is 0 Å². The highest BCUT2D eigenvalue weighted by molar-refractivity contribution is 8.14. The first-order valence-corrected chi connectivity index (χ1v) is 7.72. The van der Waals surface area contributed by atoms with Crippen molar-refractivity contribution in [3.63, 3.8) is 0 Å². The Kier molecular flexibility index (Phi) is 3.79. The number of aryl methyl sites for hydroxylation is 1. The van der Waals surface area contributed by atoms with Crippen LogP contribution in [0.25, 0.3) is 0 Å². The number of nitrogens with two attached hydrogens (primary N) is 1. The van der Waals surface area contributed by atoms with Crippen LogP contribution >= 0.6 is 11.8 Å². The van der Waals surface area contributed by atoms with Crippen LogP contribution in [-0.2, 0) is 0 Å². The predicted octanol–water partition coefficient (Wildman–Crippen LogP) is 4.23. The summed E-state index contributed by atoms with van der Waals surface area (Å²) in [5.41, 5.74) is 9.88. The van der Waals surface area contributed by atoms with Gasteiger partial charge in [0, 0.05) is 5.25 Å². The Morgan fingerprint density at radius 3 is 2.40 bits per heavy atom. The molecule has 20 heavy (non-hydrogen) atoms. The quantitative estimate of drug-likeness (QED) is 0.895. The van der Waals surface area contributed by atoms with Crippen molar-refractivity contribution in [1.29, 1.82) is 0 Å². The number of hydrogen-bond donors (Lipinski definition) is 1. The first-order chi connectivity index (χ1) is 9.72. The lowest BCUT2D eigenvalue weighted by Crippen LogP contribution is -2.18. The number of benzene rings is 2. The molecule has 2 aromatic rings. The molecule has 0 aliphatic carbocycles. The van der Waals surface area contributed by atoms with Crippen molar-refractivity contribution in [3.05, 3.63) is 71.3 Å². The van der Waals surface area contributed by atoms with Crippen LogP contribution in [0.15, 0.2) is 59.6 Å². The molecule has 102 valence electrons. The smallest absolute Gasteiger partial charge is 0.155 e. The van der Waals surface area contributed by atoms with E-state index in [1.165, 1.54) is 16.7 Å². The molecule has 2 atom stereocenters. The van der Waals surface area contributed by atoms with Crippen LogP contribution < -0.4 is 5.73 Å². The molecule has 2 nitrogen and oxygen atoms in total. The second-order valence-electron chi connectivity index (χ2n) is 5.15. The Morgan fingerprint density at radius 2 is 1.70 bits per heavy atom. The van der Waals surface area contributed by atoms with Crippen molar-refractivity contribution in [2.24, 2.45) is 10.7 Å². The van der Waals surface area contributed by atoms with Crippen LogP contribution in [0.3, 0.4) is 0 Å². The van der Waals surface area contributed by atoms with Gasteiger partial charge in [0.15, 0.2) is 5.17 Å². The molecule has 0 saturated carbocycles. The molecule has 1 aliphatic heterocycles. The van der Waals surface area contributed by atoms with Gasteiger partial charge in [-0.2, -0.15) is 0 Å². The molecule has 3 rings (SSSR count). The normalized spacial score (nSPS) is 22.4. The molecule has 0 saturated heterocycles. The summed E-state index contributed by atoms with van der Waals surface area (Å²) in [6.07, 6.45) is 0.998. The Bertz CT molecular complexity index is 605. The molecule has 0 aromatic heterocycles. The highest BCUT2D eigenvalue weighted by Gasteiger charge is 2.25. The van der Waals surface area contributed by atoms with Gasteiger partial charge in [0.25, 0.3) is 0 Å².